The highest BCUT2D eigenvalue weighted by Gasteiger charge is 2.15. The van der Waals surface area contributed by atoms with Gasteiger partial charge in [0, 0.05) is 25.6 Å². The second-order valence-electron chi connectivity index (χ2n) is 3.88. The lowest BCUT2D eigenvalue weighted by Crippen LogP contribution is -2.37. The maximum absolute atomic E-state index is 4.05. The average molecular weight is 194 g/mol. The predicted molar refractivity (Wildman–Crippen MR) is 55.0 cm³/mol. The van der Waals surface area contributed by atoms with Crippen LogP contribution in [0.25, 0.3) is 0 Å². The van der Waals surface area contributed by atoms with E-state index in [4.69, 9.17) is 0 Å². The molecule has 4 heteroatoms. The fourth-order valence-electron chi connectivity index (χ4n) is 1.74. The minimum Gasteiger partial charge on any atom is -0.316 e. The number of nitrogens with zero attached hydrogens (tertiary/aromatic N) is 3. The first-order chi connectivity index (χ1) is 6.90. The number of aryl methyl sites for hydroxylation is 1. The second kappa shape index (κ2) is 4.55. The van der Waals surface area contributed by atoms with Crippen molar-refractivity contribution in [1.82, 2.24) is 20.1 Å². The van der Waals surface area contributed by atoms with Crippen molar-refractivity contribution < 1.29 is 0 Å². The van der Waals surface area contributed by atoms with Crippen LogP contribution in [0.5, 0.6) is 0 Å². The Bertz CT molecular complexity index is 277. The van der Waals surface area contributed by atoms with Gasteiger partial charge < -0.3 is 9.88 Å². The summed E-state index contributed by atoms with van der Waals surface area (Å²) in [4.78, 5) is 0. The summed E-state index contributed by atoms with van der Waals surface area (Å²) in [5.74, 6) is 1.08. The molecule has 1 aliphatic carbocycles. The van der Waals surface area contributed by atoms with Gasteiger partial charge in [0.25, 0.3) is 0 Å². The molecule has 0 radical (unpaired) electrons. The van der Waals surface area contributed by atoms with Crippen LogP contribution in [-0.4, -0.2) is 27.4 Å². The van der Waals surface area contributed by atoms with Gasteiger partial charge in [0.15, 0.2) is 0 Å². The molecule has 4 nitrogen and oxygen atoms in total. The average Bonchev–Trinajstić information content (AvgIpc) is 2.56. The SMILES string of the molecule is CCc1nncn1CCNC1CCC1. The van der Waals surface area contributed by atoms with Gasteiger partial charge in [-0.25, -0.2) is 0 Å². The van der Waals surface area contributed by atoms with E-state index in [1.807, 2.05) is 6.33 Å². The van der Waals surface area contributed by atoms with Crippen molar-refractivity contribution in [3.63, 3.8) is 0 Å². The lowest BCUT2D eigenvalue weighted by atomic mass is 9.93. The third-order valence-corrected chi connectivity index (χ3v) is 2.90. The number of aromatic nitrogens is 3. The van der Waals surface area contributed by atoms with Crippen LogP contribution in [-0.2, 0) is 13.0 Å². The van der Waals surface area contributed by atoms with E-state index < -0.39 is 0 Å². The van der Waals surface area contributed by atoms with Crippen molar-refractivity contribution >= 4 is 0 Å². The first-order valence-corrected chi connectivity index (χ1v) is 5.50. The Morgan fingerprint density at radius 3 is 3.07 bits per heavy atom. The molecule has 0 atom stereocenters. The highest BCUT2D eigenvalue weighted by molar-refractivity contribution is 4.85. The van der Waals surface area contributed by atoms with Gasteiger partial charge in [0.05, 0.1) is 0 Å². The van der Waals surface area contributed by atoms with Gasteiger partial charge in [0.1, 0.15) is 12.2 Å². The van der Waals surface area contributed by atoms with Gasteiger partial charge >= 0.3 is 0 Å². The minimum absolute atomic E-state index is 0.775. The Balaban J connectivity index is 1.73. The molecule has 0 amide bonds. The van der Waals surface area contributed by atoms with Gasteiger partial charge in [-0.05, 0) is 12.8 Å². The fourth-order valence-corrected chi connectivity index (χ4v) is 1.74. The molecule has 2 rings (SSSR count). The van der Waals surface area contributed by atoms with Gasteiger partial charge in [-0.3, -0.25) is 0 Å². The highest BCUT2D eigenvalue weighted by Crippen LogP contribution is 2.17. The van der Waals surface area contributed by atoms with E-state index in [9.17, 15) is 0 Å². The molecule has 14 heavy (non-hydrogen) atoms. The third-order valence-electron chi connectivity index (χ3n) is 2.90. The Kier molecular flexibility index (Phi) is 3.14. The van der Waals surface area contributed by atoms with E-state index in [1.165, 1.54) is 19.3 Å². The number of rotatable bonds is 5. The molecular formula is C10H18N4. The zero-order valence-electron chi connectivity index (χ0n) is 8.74. The zero-order chi connectivity index (χ0) is 9.80. The van der Waals surface area contributed by atoms with Crippen molar-refractivity contribution in [3.05, 3.63) is 12.2 Å². The largest absolute Gasteiger partial charge is 0.316 e. The maximum atomic E-state index is 4.05. The van der Waals surface area contributed by atoms with Gasteiger partial charge in [-0.2, -0.15) is 0 Å². The fraction of sp³-hybridized carbons (Fsp3) is 0.800. The topological polar surface area (TPSA) is 42.7 Å². The third kappa shape index (κ3) is 2.12. The van der Waals surface area contributed by atoms with Gasteiger partial charge in [0.2, 0.25) is 0 Å². The second-order valence-corrected chi connectivity index (χ2v) is 3.88. The summed E-state index contributed by atoms with van der Waals surface area (Å²) in [6, 6.07) is 0.775. The molecule has 1 aromatic heterocycles. The summed E-state index contributed by atoms with van der Waals surface area (Å²) in [5.41, 5.74) is 0. The molecule has 1 heterocycles. The Morgan fingerprint density at radius 1 is 1.57 bits per heavy atom. The lowest BCUT2D eigenvalue weighted by molar-refractivity contribution is 0.334. The van der Waals surface area contributed by atoms with E-state index in [2.05, 4.69) is 27.0 Å². The van der Waals surface area contributed by atoms with Crippen molar-refractivity contribution in [2.45, 2.75) is 45.2 Å². The number of hydrogen-bond acceptors (Lipinski definition) is 3. The van der Waals surface area contributed by atoms with E-state index in [-0.39, 0.29) is 0 Å². The molecule has 1 fully saturated rings. The molecule has 0 aliphatic heterocycles. The summed E-state index contributed by atoms with van der Waals surface area (Å²) in [5, 5.41) is 11.5. The summed E-state index contributed by atoms with van der Waals surface area (Å²) in [7, 11) is 0. The molecule has 1 aliphatic rings. The van der Waals surface area contributed by atoms with Crippen molar-refractivity contribution in [2.24, 2.45) is 0 Å². The van der Waals surface area contributed by atoms with Crippen LogP contribution in [0.15, 0.2) is 6.33 Å². The molecule has 0 saturated heterocycles. The predicted octanol–water partition coefficient (Wildman–Crippen LogP) is 0.983. The lowest BCUT2D eigenvalue weighted by Gasteiger charge is -2.26. The first-order valence-electron chi connectivity index (χ1n) is 5.50. The molecule has 78 valence electrons. The maximum Gasteiger partial charge on any atom is 0.132 e. The first kappa shape index (κ1) is 9.65. The molecule has 0 aromatic carbocycles. The monoisotopic (exact) mass is 194 g/mol. The molecule has 0 unspecified atom stereocenters. The van der Waals surface area contributed by atoms with Gasteiger partial charge in [-0.1, -0.05) is 13.3 Å². The summed E-state index contributed by atoms with van der Waals surface area (Å²) >= 11 is 0. The van der Waals surface area contributed by atoms with Crippen LogP contribution in [0.1, 0.15) is 32.0 Å². The normalized spacial score (nSPS) is 16.9. The van der Waals surface area contributed by atoms with Gasteiger partial charge in [-0.15, -0.1) is 10.2 Å². The summed E-state index contributed by atoms with van der Waals surface area (Å²) < 4.78 is 2.13. The molecule has 1 N–H and O–H groups in total. The molecule has 0 spiro atoms. The molecule has 1 aromatic rings. The number of nitrogens with one attached hydrogen (secondary N) is 1. The van der Waals surface area contributed by atoms with Crippen LogP contribution < -0.4 is 5.32 Å². The Hall–Kier alpha value is -0.900. The zero-order valence-corrected chi connectivity index (χ0v) is 8.74. The standard InChI is InChI=1S/C10H18N4/c1-2-10-13-12-8-14(10)7-6-11-9-4-3-5-9/h8-9,11H,2-7H2,1H3. The van der Waals surface area contributed by atoms with Crippen molar-refractivity contribution in [3.8, 4) is 0 Å². The molecule has 0 bridgehead atoms. The van der Waals surface area contributed by atoms with Crippen LogP contribution in [0, 0.1) is 0 Å². The molecular weight excluding hydrogens is 176 g/mol. The number of hydrogen-bond donors (Lipinski definition) is 1. The smallest absolute Gasteiger partial charge is 0.132 e. The summed E-state index contributed by atoms with van der Waals surface area (Å²) in [6.45, 7) is 4.14. The van der Waals surface area contributed by atoms with Crippen LogP contribution in [0.3, 0.4) is 0 Å². The van der Waals surface area contributed by atoms with Crippen LogP contribution >= 0.6 is 0 Å². The Morgan fingerprint density at radius 2 is 2.43 bits per heavy atom. The van der Waals surface area contributed by atoms with Crippen LogP contribution in [0.2, 0.25) is 0 Å². The highest BCUT2D eigenvalue weighted by atomic mass is 15.3. The quantitative estimate of drug-likeness (QED) is 0.760. The van der Waals surface area contributed by atoms with E-state index in [0.717, 1.165) is 31.4 Å². The van der Waals surface area contributed by atoms with E-state index >= 15 is 0 Å². The minimum atomic E-state index is 0.775. The van der Waals surface area contributed by atoms with E-state index in [0.29, 0.717) is 0 Å². The van der Waals surface area contributed by atoms with Crippen LogP contribution in [0.4, 0.5) is 0 Å². The summed E-state index contributed by atoms with van der Waals surface area (Å²) in [6.07, 6.45) is 6.88. The Labute approximate surface area is 84.7 Å². The van der Waals surface area contributed by atoms with E-state index in [1.54, 1.807) is 0 Å². The van der Waals surface area contributed by atoms with Crippen molar-refractivity contribution in [2.75, 3.05) is 6.54 Å². The molecule has 1 saturated carbocycles. The van der Waals surface area contributed by atoms with Crippen molar-refractivity contribution in [1.29, 1.82) is 0 Å².